The number of methoxy groups -OCH3 is 1. The summed E-state index contributed by atoms with van der Waals surface area (Å²) < 4.78 is 9.86. The van der Waals surface area contributed by atoms with Crippen LogP contribution < -0.4 is 16.4 Å². The number of hydrogen-bond donors (Lipinski definition) is 3. The summed E-state index contributed by atoms with van der Waals surface area (Å²) in [5, 5.41) is 6.64. The summed E-state index contributed by atoms with van der Waals surface area (Å²) in [6.45, 7) is 2.85. The van der Waals surface area contributed by atoms with Crippen LogP contribution in [-0.4, -0.2) is 74.3 Å². The number of amides is 3. The number of primary amides is 1. The molecule has 172 valence electrons. The van der Waals surface area contributed by atoms with Crippen LogP contribution in [0, 0.1) is 0 Å². The molecule has 1 aliphatic heterocycles. The number of ether oxygens (including phenoxy) is 2. The summed E-state index contributed by atoms with van der Waals surface area (Å²) in [6.07, 6.45) is 0.156. The first-order valence-corrected chi connectivity index (χ1v) is 10.5. The van der Waals surface area contributed by atoms with Gasteiger partial charge in [0.1, 0.15) is 6.04 Å². The van der Waals surface area contributed by atoms with Crippen molar-refractivity contribution >= 4 is 29.5 Å². The molecule has 1 saturated heterocycles. The highest BCUT2D eigenvalue weighted by Gasteiger charge is 2.41. The number of hydrogen-bond acceptors (Lipinski definition) is 6. The molecule has 4 N–H and O–H groups in total. The molecule has 31 heavy (non-hydrogen) atoms. The number of halogens is 1. The van der Waals surface area contributed by atoms with E-state index in [-0.39, 0.29) is 12.5 Å². The van der Waals surface area contributed by atoms with Crippen LogP contribution in [-0.2, 0) is 25.5 Å². The number of benzene rings is 1. The first kappa shape index (κ1) is 24.9. The molecule has 2 rings (SSSR count). The highest BCUT2D eigenvalue weighted by atomic mass is 35.5. The van der Waals surface area contributed by atoms with Gasteiger partial charge >= 0.3 is 6.09 Å². The number of nitrogens with two attached hydrogens (primary N) is 1. The molecule has 9 nitrogen and oxygen atoms in total. The molecule has 10 heteroatoms. The largest absolute Gasteiger partial charge is 0.437 e. The van der Waals surface area contributed by atoms with Crippen molar-refractivity contribution in [2.24, 2.45) is 5.73 Å². The van der Waals surface area contributed by atoms with Gasteiger partial charge < -0.3 is 30.7 Å². The molecule has 3 unspecified atom stereocenters. The standard InChI is InChI=1S/C21H31ClN4O5/c1-14(31-20(23)29)18(27)25-17(12-30-3)19(28)26(2)21(9-4-10-24-13-21)11-15-5-7-16(22)8-6-15/h5-8,14,17,24H,4,9-13H2,1-3H3,(H2,23,29)(H,25,27). The Balaban J connectivity index is 2.20. The van der Waals surface area contributed by atoms with Gasteiger partial charge in [0.25, 0.3) is 5.91 Å². The molecule has 3 amide bonds. The van der Waals surface area contributed by atoms with Crippen LogP contribution in [0.1, 0.15) is 25.3 Å². The predicted octanol–water partition coefficient (Wildman–Crippen LogP) is 1.08. The molecule has 3 atom stereocenters. The zero-order valence-electron chi connectivity index (χ0n) is 18.2. The van der Waals surface area contributed by atoms with Crippen LogP contribution in [0.5, 0.6) is 0 Å². The Morgan fingerprint density at radius 3 is 2.55 bits per heavy atom. The molecule has 1 fully saturated rings. The zero-order chi connectivity index (χ0) is 23.0. The molecule has 0 saturated carbocycles. The Labute approximate surface area is 187 Å². The summed E-state index contributed by atoms with van der Waals surface area (Å²) in [4.78, 5) is 38.4. The minimum atomic E-state index is -1.13. The Morgan fingerprint density at radius 2 is 2.00 bits per heavy atom. The second-order valence-electron chi connectivity index (χ2n) is 7.80. The van der Waals surface area contributed by atoms with Gasteiger partial charge in [-0.25, -0.2) is 4.79 Å². The molecule has 0 aliphatic carbocycles. The lowest BCUT2D eigenvalue weighted by atomic mass is 9.82. The lowest BCUT2D eigenvalue weighted by Crippen LogP contribution is -2.63. The van der Waals surface area contributed by atoms with E-state index >= 15 is 0 Å². The van der Waals surface area contributed by atoms with E-state index in [2.05, 4.69) is 10.6 Å². The third kappa shape index (κ3) is 6.81. The molecule has 0 spiro atoms. The van der Waals surface area contributed by atoms with E-state index in [4.69, 9.17) is 26.8 Å². The van der Waals surface area contributed by atoms with E-state index < -0.39 is 29.7 Å². The third-order valence-electron chi connectivity index (χ3n) is 5.55. The van der Waals surface area contributed by atoms with Gasteiger partial charge in [-0.1, -0.05) is 23.7 Å². The van der Waals surface area contributed by atoms with Crippen molar-refractivity contribution in [3.8, 4) is 0 Å². The predicted molar refractivity (Wildman–Crippen MR) is 117 cm³/mol. The van der Waals surface area contributed by atoms with Gasteiger partial charge in [0.2, 0.25) is 5.91 Å². The monoisotopic (exact) mass is 454 g/mol. The number of carbonyl (C=O) groups excluding carboxylic acids is 3. The maximum Gasteiger partial charge on any atom is 0.405 e. The van der Waals surface area contributed by atoms with Crippen molar-refractivity contribution in [1.82, 2.24) is 15.5 Å². The number of rotatable bonds is 9. The Bertz CT molecular complexity index is 768. The highest BCUT2D eigenvalue weighted by molar-refractivity contribution is 6.30. The molecule has 0 bridgehead atoms. The minimum Gasteiger partial charge on any atom is -0.437 e. The average Bonchev–Trinajstić information content (AvgIpc) is 2.74. The van der Waals surface area contributed by atoms with Gasteiger partial charge in [-0.2, -0.15) is 0 Å². The summed E-state index contributed by atoms with van der Waals surface area (Å²) >= 11 is 6.01. The fourth-order valence-corrected chi connectivity index (χ4v) is 3.94. The van der Waals surface area contributed by atoms with Crippen molar-refractivity contribution in [3.05, 3.63) is 34.9 Å². The van der Waals surface area contributed by atoms with E-state index in [9.17, 15) is 14.4 Å². The van der Waals surface area contributed by atoms with Crippen molar-refractivity contribution < 1.29 is 23.9 Å². The molecular formula is C21H31ClN4O5. The van der Waals surface area contributed by atoms with E-state index in [1.807, 2.05) is 24.3 Å². The van der Waals surface area contributed by atoms with Crippen LogP contribution in [0.2, 0.25) is 5.02 Å². The summed E-state index contributed by atoms with van der Waals surface area (Å²) in [6, 6.07) is 6.63. The van der Waals surface area contributed by atoms with E-state index in [1.165, 1.54) is 14.0 Å². The van der Waals surface area contributed by atoms with Crippen LogP contribution >= 0.6 is 11.6 Å². The lowest BCUT2D eigenvalue weighted by molar-refractivity contribution is -0.144. The maximum absolute atomic E-state index is 13.4. The first-order valence-electron chi connectivity index (χ1n) is 10.2. The smallest absolute Gasteiger partial charge is 0.405 e. The topological polar surface area (TPSA) is 123 Å². The van der Waals surface area contributed by atoms with Crippen molar-refractivity contribution in [2.75, 3.05) is 33.9 Å². The highest BCUT2D eigenvalue weighted by Crippen LogP contribution is 2.29. The number of carbonyl (C=O) groups is 3. The number of likely N-dealkylation sites (N-methyl/N-ethyl adjacent to an activating group) is 1. The molecule has 1 heterocycles. The van der Waals surface area contributed by atoms with Gasteiger partial charge in [-0.3, -0.25) is 9.59 Å². The molecular weight excluding hydrogens is 424 g/mol. The zero-order valence-corrected chi connectivity index (χ0v) is 18.9. The van der Waals surface area contributed by atoms with Crippen LogP contribution in [0.4, 0.5) is 4.79 Å². The molecule has 1 aromatic rings. The van der Waals surface area contributed by atoms with E-state index in [0.717, 1.165) is 24.9 Å². The van der Waals surface area contributed by atoms with Crippen molar-refractivity contribution in [1.29, 1.82) is 0 Å². The van der Waals surface area contributed by atoms with Crippen molar-refractivity contribution in [2.45, 2.75) is 43.9 Å². The summed E-state index contributed by atoms with van der Waals surface area (Å²) in [5.41, 5.74) is 5.55. The molecule has 0 aromatic heterocycles. The van der Waals surface area contributed by atoms with Gasteiger partial charge in [0.05, 0.1) is 12.1 Å². The minimum absolute atomic E-state index is 0.0251. The number of nitrogens with one attached hydrogen (secondary N) is 2. The van der Waals surface area contributed by atoms with Crippen LogP contribution in [0.15, 0.2) is 24.3 Å². The van der Waals surface area contributed by atoms with Crippen molar-refractivity contribution in [3.63, 3.8) is 0 Å². The van der Waals surface area contributed by atoms with Gasteiger partial charge in [-0.05, 0) is 50.4 Å². The van der Waals surface area contributed by atoms with Gasteiger partial charge in [0.15, 0.2) is 6.10 Å². The van der Waals surface area contributed by atoms with E-state index in [0.29, 0.717) is 18.0 Å². The fraction of sp³-hybridized carbons (Fsp3) is 0.571. The number of nitrogens with zero attached hydrogens (tertiary/aromatic N) is 1. The SMILES string of the molecule is COCC(NC(=O)C(C)OC(N)=O)C(=O)N(C)C1(Cc2ccc(Cl)cc2)CCCNC1. The molecule has 0 radical (unpaired) electrons. The summed E-state index contributed by atoms with van der Waals surface area (Å²) in [7, 11) is 3.19. The van der Waals surface area contributed by atoms with Crippen LogP contribution in [0.3, 0.4) is 0 Å². The third-order valence-corrected chi connectivity index (χ3v) is 5.80. The Kier molecular flexibility index (Phi) is 9.09. The Hall–Kier alpha value is -2.36. The quantitative estimate of drug-likeness (QED) is 0.513. The first-order chi connectivity index (χ1) is 14.7. The maximum atomic E-state index is 13.4. The normalized spacial score (nSPS) is 20.4. The number of piperidine rings is 1. The van der Waals surface area contributed by atoms with Gasteiger partial charge in [-0.15, -0.1) is 0 Å². The second-order valence-corrected chi connectivity index (χ2v) is 8.24. The fourth-order valence-electron chi connectivity index (χ4n) is 3.82. The van der Waals surface area contributed by atoms with Gasteiger partial charge in [0, 0.05) is 25.7 Å². The molecule has 1 aromatic carbocycles. The summed E-state index contributed by atoms with van der Waals surface area (Å²) in [5.74, 6) is -0.921. The second kappa shape index (κ2) is 11.3. The molecule has 1 aliphatic rings. The Morgan fingerprint density at radius 1 is 1.32 bits per heavy atom. The average molecular weight is 455 g/mol. The van der Waals surface area contributed by atoms with Crippen LogP contribution in [0.25, 0.3) is 0 Å². The van der Waals surface area contributed by atoms with E-state index in [1.54, 1.807) is 11.9 Å². The lowest BCUT2D eigenvalue weighted by Gasteiger charge is -2.46.